The van der Waals surface area contributed by atoms with Crippen LogP contribution in [0.1, 0.15) is 32.3 Å². The van der Waals surface area contributed by atoms with E-state index in [1.54, 1.807) is 11.9 Å². The van der Waals surface area contributed by atoms with Crippen molar-refractivity contribution in [2.75, 3.05) is 11.9 Å². The molecular formula is C14H22N2O. The van der Waals surface area contributed by atoms with Crippen molar-refractivity contribution < 1.29 is 4.79 Å². The number of likely N-dealkylation sites (N-methyl/N-ethyl adjacent to an activating group) is 1. The van der Waals surface area contributed by atoms with Crippen LogP contribution in [0.2, 0.25) is 0 Å². The summed E-state index contributed by atoms with van der Waals surface area (Å²) in [6.07, 6.45) is 2.67. The molecule has 0 aliphatic heterocycles. The molecule has 0 saturated heterocycles. The Labute approximate surface area is 104 Å². The van der Waals surface area contributed by atoms with E-state index in [1.807, 2.05) is 31.2 Å². The van der Waals surface area contributed by atoms with Crippen LogP contribution in [0.4, 0.5) is 5.69 Å². The van der Waals surface area contributed by atoms with Crippen molar-refractivity contribution in [2.45, 2.75) is 39.2 Å². The molecular weight excluding hydrogens is 212 g/mol. The summed E-state index contributed by atoms with van der Waals surface area (Å²) < 4.78 is 0. The summed E-state index contributed by atoms with van der Waals surface area (Å²) in [5.74, 6) is -0.0175. The highest BCUT2D eigenvalue weighted by atomic mass is 16.2. The Hall–Kier alpha value is -1.35. The standard InChI is InChI=1S/C14H22N2O/c1-4-6-13(15)14(17)16(3)12-9-7-11(5-2)8-10-12/h7-10,13H,4-6,15H2,1-3H3/t13-/m0/s1. The zero-order valence-electron chi connectivity index (χ0n) is 10.9. The molecule has 0 aromatic heterocycles. The average molecular weight is 234 g/mol. The van der Waals surface area contributed by atoms with Gasteiger partial charge in [-0.05, 0) is 30.5 Å². The minimum atomic E-state index is -0.393. The molecule has 0 spiro atoms. The predicted octanol–water partition coefficient (Wildman–Crippen LogP) is 2.34. The number of carbonyl (C=O) groups is 1. The van der Waals surface area contributed by atoms with Gasteiger partial charge in [-0.1, -0.05) is 32.4 Å². The van der Waals surface area contributed by atoms with Gasteiger partial charge in [-0.3, -0.25) is 4.79 Å². The zero-order valence-corrected chi connectivity index (χ0v) is 10.9. The van der Waals surface area contributed by atoms with E-state index < -0.39 is 6.04 Å². The molecule has 0 aliphatic rings. The minimum Gasteiger partial charge on any atom is -0.320 e. The van der Waals surface area contributed by atoms with Crippen molar-refractivity contribution in [3.05, 3.63) is 29.8 Å². The molecule has 0 saturated carbocycles. The summed E-state index contributed by atoms with van der Waals surface area (Å²) in [4.78, 5) is 13.6. The van der Waals surface area contributed by atoms with Gasteiger partial charge in [0.25, 0.3) is 0 Å². The SMILES string of the molecule is CCC[C@H](N)C(=O)N(C)c1ccc(CC)cc1. The van der Waals surface area contributed by atoms with Crippen LogP contribution >= 0.6 is 0 Å². The topological polar surface area (TPSA) is 46.3 Å². The molecule has 0 aliphatic carbocycles. The second-order valence-electron chi connectivity index (χ2n) is 4.31. The molecule has 3 heteroatoms. The summed E-state index contributed by atoms with van der Waals surface area (Å²) in [7, 11) is 1.78. The highest BCUT2D eigenvalue weighted by molar-refractivity contribution is 5.96. The monoisotopic (exact) mass is 234 g/mol. The van der Waals surface area contributed by atoms with E-state index in [4.69, 9.17) is 5.73 Å². The van der Waals surface area contributed by atoms with Crippen molar-refractivity contribution in [3.63, 3.8) is 0 Å². The molecule has 3 nitrogen and oxygen atoms in total. The number of hydrogen-bond acceptors (Lipinski definition) is 2. The first kappa shape index (κ1) is 13.7. The molecule has 17 heavy (non-hydrogen) atoms. The van der Waals surface area contributed by atoms with Crippen LogP contribution in [0.5, 0.6) is 0 Å². The molecule has 0 radical (unpaired) electrons. The molecule has 0 bridgehead atoms. The quantitative estimate of drug-likeness (QED) is 0.850. The summed E-state index contributed by atoms with van der Waals surface area (Å²) >= 11 is 0. The van der Waals surface area contributed by atoms with Gasteiger partial charge < -0.3 is 10.6 Å². The molecule has 0 unspecified atom stereocenters. The predicted molar refractivity (Wildman–Crippen MR) is 72.1 cm³/mol. The first-order valence-electron chi connectivity index (χ1n) is 6.22. The fourth-order valence-corrected chi connectivity index (χ4v) is 1.77. The van der Waals surface area contributed by atoms with Crippen molar-refractivity contribution in [2.24, 2.45) is 5.73 Å². The number of anilines is 1. The number of carbonyl (C=O) groups excluding carboxylic acids is 1. The van der Waals surface area contributed by atoms with E-state index in [0.717, 1.165) is 24.9 Å². The lowest BCUT2D eigenvalue weighted by molar-refractivity contribution is -0.119. The summed E-state index contributed by atoms with van der Waals surface area (Å²) in [6.45, 7) is 4.14. The van der Waals surface area contributed by atoms with Crippen molar-refractivity contribution in [1.82, 2.24) is 0 Å². The summed E-state index contributed by atoms with van der Waals surface area (Å²) in [5, 5.41) is 0. The second kappa shape index (κ2) is 6.40. The maximum Gasteiger partial charge on any atom is 0.243 e. The number of aryl methyl sites for hydroxylation is 1. The number of amides is 1. The molecule has 0 heterocycles. The Kier molecular flexibility index (Phi) is 5.16. The lowest BCUT2D eigenvalue weighted by Gasteiger charge is -2.21. The van der Waals surface area contributed by atoms with Gasteiger partial charge >= 0.3 is 0 Å². The van der Waals surface area contributed by atoms with Gasteiger partial charge in [-0.2, -0.15) is 0 Å². The van der Waals surface area contributed by atoms with E-state index in [-0.39, 0.29) is 5.91 Å². The first-order valence-corrected chi connectivity index (χ1v) is 6.22. The maximum absolute atomic E-state index is 12.0. The van der Waals surface area contributed by atoms with Crippen LogP contribution in [0.25, 0.3) is 0 Å². The fourth-order valence-electron chi connectivity index (χ4n) is 1.77. The number of rotatable bonds is 5. The Bertz CT molecular complexity index is 359. The lowest BCUT2D eigenvalue weighted by atomic mass is 10.1. The van der Waals surface area contributed by atoms with Gasteiger partial charge in [0.1, 0.15) is 0 Å². The Morgan fingerprint density at radius 1 is 1.29 bits per heavy atom. The molecule has 0 fully saturated rings. The Morgan fingerprint density at radius 3 is 2.35 bits per heavy atom. The number of nitrogens with two attached hydrogens (primary N) is 1. The van der Waals surface area contributed by atoms with E-state index >= 15 is 0 Å². The van der Waals surface area contributed by atoms with Gasteiger partial charge in [0.05, 0.1) is 6.04 Å². The molecule has 94 valence electrons. The summed E-state index contributed by atoms with van der Waals surface area (Å²) in [5.41, 5.74) is 8.00. The van der Waals surface area contributed by atoms with Crippen molar-refractivity contribution in [1.29, 1.82) is 0 Å². The molecule has 1 amide bonds. The van der Waals surface area contributed by atoms with E-state index in [1.165, 1.54) is 5.56 Å². The number of benzene rings is 1. The van der Waals surface area contributed by atoms with Crippen LogP contribution in [0, 0.1) is 0 Å². The van der Waals surface area contributed by atoms with Gasteiger partial charge in [-0.15, -0.1) is 0 Å². The molecule has 1 aromatic rings. The van der Waals surface area contributed by atoms with E-state index in [0.29, 0.717) is 0 Å². The fraction of sp³-hybridized carbons (Fsp3) is 0.500. The largest absolute Gasteiger partial charge is 0.320 e. The zero-order chi connectivity index (χ0) is 12.8. The van der Waals surface area contributed by atoms with Crippen molar-refractivity contribution in [3.8, 4) is 0 Å². The smallest absolute Gasteiger partial charge is 0.243 e. The second-order valence-corrected chi connectivity index (χ2v) is 4.31. The third-order valence-electron chi connectivity index (χ3n) is 2.98. The third-order valence-corrected chi connectivity index (χ3v) is 2.98. The lowest BCUT2D eigenvalue weighted by Crippen LogP contribution is -2.41. The number of nitrogens with zero attached hydrogens (tertiary/aromatic N) is 1. The molecule has 1 aromatic carbocycles. The Balaban J connectivity index is 2.74. The van der Waals surface area contributed by atoms with Crippen LogP contribution < -0.4 is 10.6 Å². The van der Waals surface area contributed by atoms with Gasteiger partial charge in [0, 0.05) is 12.7 Å². The molecule has 1 atom stereocenters. The molecule has 1 rings (SSSR count). The van der Waals surface area contributed by atoms with Crippen LogP contribution in [-0.2, 0) is 11.2 Å². The highest BCUT2D eigenvalue weighted by Crippen LogP contribution is 2.15. The van der Waals surface area contributed by atoms with E-state index in [2.05, 4.69) is 6.92 Å². The third kappa shape index (κ3) is 3.56. The highest BCUT2D eigenvalue weighted by Gasteiger charge is 2.17. The minimum absolute atomic E-state index is 0.0175. The van der Waals surface area contributed by atoms with E-state index in [9.17, 15) is 4.79 Å². The van der Waals surface area contributed by atoms with Crippen molar-refractivity contribution >= 4 is 11.6 Å². The normalized spacial score (nSPS) is 12.2. The molecule has 2 N–H and O–H groups in total. The van der Waals surface area contributed by atoms with Gasteiger partial charge in [-0.25, -0.2) is 0 Å². The first-order chi connectivity index (χ1) is 8.10. The maximum atomic E-state index is 12.0. The van der Waals surface area contributed by atoms with Gasteiger partial charge in [0.2, 0.25) is 5.91 Å². The average Bonchev–Trinajstić information content (AvgIpc) is 2.37. The number of hydrogen-bond donors (Lipinski definition) is 1. The van der Waals surface area contributed by atoms with Gasteiger partial charge in [0.15, 0.2) is 0 Å². The van der Waals surface area contributed by atoms with Crippen LogP contribution in [0.15, 0.2) is 24.3 Å². The Morgan fingerprint density at radius 2 is 1.88 bits per heavy atom. The summed E-state index contributed by atoms with van der Waals surface area (Å²) in [6, 6.07) is 7.63. The van der Waals surface area contributed by atoms with Crippen LogP contribution in [0.3, 0.4) is 0 Å². The van der Waals surface area contributed by atoms with Crippen LogP contribution in [-0.4, -0.2) is 19.0 Å².